The van der Waals surface area contributed by atoms with Crippen LogP contribution in [0.25, 0.3) is 0 Å². The van der Waals surface area contributed by atoms with E-state index in [2.05, 4.69) is 10.2 Å². The molecule has 0 N–H and O–H groups in total. The van der Waals surface area contributed by atoms with Crippen LogP contribution >= 0.6 is 0 Å². The van der Waals surface area contributed by atoms with Gasteiger partial charge in [0, 0.05) is 38.7 Å². The number of amides is 1. The zero-order chi connectivity index (χ0) is 20.3. The SMILES string of the molecule is Cn1cnnc1S(=O)(=O)C1CCN(C(=O)CCc2ccc([N+](=O)[O-])cc2)CC1. The Morgan fingerprint density at radius 3 is 2.43 bits per heavy atom. The van der Waals surface area contributed by atoms with Crippen LogP contribution in [0.15, 0.2) is 35.7 Å². The lowest BCUT2D eigenvalue weighted by molar-refractivity contribution is -0.384. The predicted molar refractivity (Wildman–Crippen MR) is 99.2 cm³/mol. The summed E-state index contributed by atoms with van der Waals surface area (Å²) in [6.07, 6.45) is 2.83. The molecule has 0 atom stereocenters. The van der Waals surface area contributed by atoms with Crippen molar-refractivity contribution in [3.05, 3.63) is 46.3 Å². The number of hydrogen-bond donors (Lipinski definition) is 0. The number of aromatic nitrogens is 3. The molecule has 28 heavy (non-hydrogen) atoms. The number of aryl methyl sites for hydroxylation is 2. The number of piperidine rings is 1. The third-order valence-electron chi connectivity index (χ3n) is 4.93. The summed E-state index contributed by atoms with van der Waals surface area (Å²) < 4.78 is 26.7. The Morgan fingerprint density at radius 2 is 1.89 bits per heavy atom. The number of hydrogen-bond acceptors (Lipinski definition) is 7. The van der Waals surface area contributed by atoms with Crippen LogP contribution in [0.3, 0.4) is 0 Å². The molecule has 1 saturated heterocycles. The largest absolute Gasteiger partial charge is 0.343 e. The van der Waals surface area contributed by atoms with E-state index in [0.29, 0.717) is 32.4 Å². The maximum absolute atomic E-state index is 12.7. The summed E-state index contributed by atoms with van der Waals surface area (Å²) in [6, 6.07) is 6.13. The zero-order valence-corrected chi connectivity index (χ0v) is 16.2. The van der Waals surface area contributed by atoms with E-state index in [1.807, 2.05) is 0 Å². The van der Waals surface area contributed by atoms with E-state index in [0.717, 1.165) is 5.56 Å². The van der Waals surface area contributed by atoms with Gasteiger partial charge in [-0.15, -0.1) is 10.2 Å². The summed E-state index contributed by atoms with van der Waals surface area (Å²) in [5.74, 6) is -0.0483. The number of likely N-dealkylation sites (tertiary alicyclic amines) is 1. The van der Waals surface area contributed by atoms with Crippen LogP contribution in [0.2, 0.25) is 0 Å². The standard InChI is InChI=1S/C17H21N5O5S/c1-20-12-18-19-17(20)28(26,27)15-8-10-21(11-9-15)16(23)7-4-13-2-5-14(6-3-13)22(24)25/h2-3,5-6,12,15H,4,7-11H2,1H3. The predicted octanol–water partition coefficient (Wildman–Crippen LogP) is 1.12. The molecule has 150 valence electrons. The summed E-state index contributed by atoms with van der Waals surface area (Å²) in [7, 11) is -1.98. The van der Waals surface area contributed by atoms with Crippen LogP contribution in [0.1, 0.15) is 24.8 Å². The van der Waals surface area contributed by atoms with E-state index in [9.17, 15) is 23.3 Å². The number of carbonyl (C=O) groups excluding carboxylic acids is 1. The van der Waals surface area contributed by atoms with Crippen molar-refractivity contribution >= 4 is 21.4 Å². The second-order valence-electron chi connectivity index (χ2n) is 6.77. The average Bonchev–Trinajstić information content (AvgIpc) is 3.13. The van der Waals surface area contributed by atoms with Crippen molar-refractivity contribution in [2.24, 2.45) is 7.05 Å². The first-order valence-corrected chi connectivity index (χ1v) is 10.4. The van der Waals surface area contributed by atoms with Gasteiger partial charge in [0.1, 0.15) is 6.33 Å². The van der Waals surface area contributed by atoms with Crippen molar-refractivity contribution in [2.75, 3.05) is 13.1 Å². The first kappa shape index (κ1) is 19.9. The van der Waals surface area contributed by atoms with Gasteiger partial charge in [0.05, 0.1) is 10.2 Å². The molecule has 3 rings (SSSR count). The van der Waals surface area contributed by atoms with Crippen LogP contribution < -0.4 is 0 Å². The van der Waals surface area contributed by atoms with Crippen molar-refractivity contribution in [3.8, 4) is 0 Å². The van der Waals surface area contributed by atoms with Crippen LogP contribution in [0, 0.1) is 10.1 Å². The second-order valence-corrected chi connectivity index (χ2v) is 8.89. The Kier molecular flexibility index (Phi) is 5.73. The summed E-state index contributed by atoms with van der Waals surface area (Å²) in [5.41, 5.74) is 0.861. The number of benzene rings is 1. The molecular weight excluding hydrogens is 386 g/mol. The number of rotatable bonds is 6. The summed E-state index contributed by atoms with van der Waals surface area (Å²) in [6.45, 7) is 0.752. The van der Waals surface area contributed by atoms with E-state index < -0.39 is 20.0 Å². The van der Waals surface area contributed by atoms with E-state index in [1.54, 1.807) is 24.1 Å². The van der Waals surface area contributed by atoms with Gasteiger partial charge in [0.15, 0.2) is 0 Å². The number of nitrogens with zero attached hydrogens (tertiary/aromatic N) is 5. The first-order valence-electron chi connectivity index (χ1n) is 8.88. The zero-order valence-electron chi connectivity index (χ0n) is 15.4. The molecule has 1 aromatic heterocycles. The van der Waals surface area contributed by atoms with Crippen molar-refractivity contribution in [1.29, 1.82) is 0 Å². The van der Waals surface area contributed by atoms with E-state index in [-0.39, 0.29) is 23.2 Å². The molecule has 11 heteroatoms. The van der Waals surface area contributed by atoms with Crippen LogP contribution in [-0.2, 0) is 28.1 Å². The van der Waals surface area contributed by atoms with Gasteiger partial charge in [0.25, 0.3) is 5.69 Å². The summed E-state index contributed by atoms with van der Waals surface area (Å²) in [4.78, 5) is 24.3. The van der Waals surface area contributed by atoms with E-state index in [1.165, 1.54) is 23.0 Å². The lowest BCUT2D eigenvalue weighted by atomic mass is 10.1. The maximum atomic E-state index is 12.7. The van der Waals surface area contributed by atoms with Crippen molar-refractivity contribution in [2.45, 2.75) is 36.1 Å². The van der Waals surface area contributed by atoms with Crippen LogP contribution in [-0.4, -0.2) is 57.3 Å². The van der Waals surface area contributed by atoms with Crippen molar-refractivity contribution in [1.82, 2.24) is 19.7 Å². The first-order chi connectivity index (χ1) is 13.3. The normalized spacial score (nSPS) is 15.5. The molecule has 1 fully saturated rings. The Morgan fingerprint density at radius 1 is 1.25 bits per heavy atom. The third kappa shape index (κ3) is 4.19. The van der Waals surface area contributed by atoms with Gasteiger partial charge in [-0.2, -0.15) is 0 Å². The lowest BCUT2D eigenvalue weighted by Crippen LogP contribution is -2.43. The number of non-ortho nitro benzene ring substituents is 1. The second kappa shape index (κ2) is 8.05. The molecule has 0 aliphatic carbocycles. The van der Waals surface area contributed by atoms with Gasteiger partial charge in [-0.1, -0.05) is 12.1 Å². The minimum Gasteiger partial charge on any atom is -0.343 e. The number of nitro groups is 1. The van der Waals surface area contributed by atoms with Gasteiger partial charge in [-0.3, -0.25) is 14.9 Å². The van der Waals surface area contributed by atoms with E-state index >= 15 is 0 Å². The number of carbonyl (C=O) groups is 1. The fourth-order valence-corrected chi connectivity index (χ4v) is 5.03. The molecule has 10 nitrogen and oxygen atoms in total. The van der Waals surface area contributed by atoms with Gasteiger partial charge in [0.2, 0.25) is 20.9 Å². The van der Waals surface area contributed by atoms with Gasteiger partial charge < -0.3 is 9.47 Å². The molecule has 1 aliphatic rings. The van der Waals surface area contributed by atoms with Crippen LogP contribution in [0.5, 0.6) is 0 Å². The minimum atomic E-state index is -3.57. The van der Waals surface area contributed by atoms with Gasteiger partial charge >= 0.3 is 0 Å². The average molecular weight is 407 g/mol. The van der Waals surface area contributed by atoms with Gasteiger partial charge in [-0.05, 0) is 24.8 Å². The monoisotopic (exact) mass is 407 g/mol. The lowest BCUT2D eigenvalue weighted by Gasteiger charge is -2.31. The fourth-order valence-electron chi connectivity index (χ4n) is 3.29. The molecule has 1 amide bonds. The molecule has 2 heterocycles. The fraction of sp³-hybridized carbons (Fsp3) is 0.471. The maximum Gasteiger partial charge on any atom is 0.269 e. The smallest absolute Gasteiger partial charge is 0.269 e. The van der Waals surface area contributed by atoms with Crippen LogP contribution in [0.4, 0.5) is 5.69 Å². The summed E-state index contributed by atoms with van der Waals surface area (Å²) in [5, 5.41) is 17.4. The third-order valence-corrected chi connectivity index (χ3v) is 7.16. The Hall–Kier alpha value is -2.82. The highest BCUT2D eigenvalue weighted by atomic mass is 32.2. The number of nitro benzene ring substituents is 1. The number of sulfone groups is 1. The highest BCUT2D eigenvalue weighted by molar-refractivity contribution is 7.91. The molecule has 1 aliphatic heterocycles. The molecule has 0 radical (unpaired) electrons. The highest BCUT2D eigenvalue weighted by Gasteiger charge is 2.35. The molecule has 0 bridgehead atoms. The minimum absolute atomic E-state index is 0.0151. The molecule has 0 saturated carbocycles. The molecule has 1 aromatic carbocycles. The quantitative estimate of drug-likeness (QED) is 0.518. The Labute approximate surface area is 162 Å². The Bertz CT molecular complexity index is 962. The molecular formula is C17H21N5O5S. The van der Waals surface area contributed by atoms with Gasteiger partial charge in [-0.25, -0.2) is 8.42 Å². The molecule has 0 spiro atoms. The van der Waals surface area contributed by atoms with E-state index in [4.69, 9.17) is 0 Å². The van der Waals surface area contributed by atoms with Crippen molar-refractivity contribution < 1.29 is 18.1 Å². The van der Waals surface area contributed by atoms with Crippen molar-refractivity contribution in [3.63, 3.8) is 0 Å². The highest BCUT2D eigenvalue weighted by Crippen LogP contribution is 2.23. The topological polar surface area (TPSA) is 128 Å². The molecule has 2 aromatic rings. The Balaban J connectivity index is 1.52. The molecule has 0 unspecified atom stereocenters. The summed E-state index contributed by atoms with van der Waals surface area (Å²) >= 11 is 0.